The van der Waals surface area contributed by atoms with Gasteiger partial charge in [-0.25, -0.2) is 9.38 Å². The van der Waals surface area contributed by atoms with Gasteiger partial charge in [0.1, 0.15) is 0 Å². The lowest BCUT2D eigenvalue weighted by molar-refractivity contribution is 0.289. The first kappa shape index (κ1) is 22.5. The van der Waals surface area contributed by atoms with Crippen molar-refractivity contribution in [2.45, 2.75) is 18.7 Å². The van der Waals surface area contributed by atoms with Crippen molar-refractivity contribution in [3.63, 3.8) is 0 Å². The number of hydrogen-bond acceptors (Lipinski definition) is 6. The normalized spacial score (nSPS) is 12.0. The molecule has 0 bridgehead atoms. The molecule has 0 fully saturated rings. The number of benzene rings is 3. The molecule has 0 unspecified atom stereocenters. The minimum Gasteiger partial charge on any atom is -0.490 e. The van der Waals surface area contributed by atoms with Gasteiger partial charge in [-0.3, -0.25) is 4.79 Å². The van der Waals surface area contributed by atoms with Crippen LogP contribution in [0.2, 0.25) is 0 Å². The van der Waals surface area contributed by atoms with Crippen LogP contribution in [0.25, 0.3) is 22.1 Å². The van der Waals surface area contributed by atoms with Crippen LogP contribution >= 0.6 is 23.1 Å². The highest BCUT2D eigenvalue weighted by Gasteiger charge is 2.11. The van der Waals surface area contributed by atoms with Gasteiger partial charge in [-0.05, 0) is 61.9 Å². The van der Waals surface area contributed by atoms with Gasteiger partial charge >= 0.3 is 0 Å². The lowest BCUT2D eigenvalue weighted by Gasteiger charge is -2.12. The molecule has 5 aromatic rings. The Labute approximate surface area is 205 Å². The van der Waals surface area contributed by atoms with Crippen LogP contribution in [0.1, 0.15) is 18.1 Å². The van der Waals surface area contributed by atoms with Crippen molar-refractivity contribution < 1.29 is 9.47 Å². The second-order valence-corrected chi connectivity index (χ2v) is 9.96. The topological polar surface area (TPSA) is 52.8 Å². The summed E-state index contributed by atoms with van der Waals surface area (Å²) in [5.41, 5.74) is 3.75. The highest BCUT2D eigenvalue weighted by molar-refractivity contribution is 7.99. The van der Waals surface area contributed by atoms with E-state index in [1.807, 2.05) is 55.5 Å². The van der Waals surface area contributed by atoms with Crippen LogP contribution in [0.5, 0.6) is 11.5 Å². The summed E-state index contributed by atoms with van der Waals surface area (Å²) in [4.78, 5) is 19.6. The molecular weight excluding hydrogens is 464 g/mol. The molecule has 0 aliphatic carbocycles. The molecule has 0 amide bonds. The SMILES string of the molecule is CCOc1cc(/C=c2\sc3nc4ccccc4n3c2=O)ccc1OCCSc1ccc(C)cc1. The van der Waals surface area contributed by atoms with Crippen molar-refractivity contribution in [2.75, 3.05) is 19.0 Å². The first-order valence-corrected chi connectivity index (χ1v) is 12.9. The molecule has 0 radical (unpaired) electrons. The second kappa shape index (κ2) is 9.91. The molecule has 2 aromatic heterocycles. The maximum Gasteiger partial charge on any atom is 0.274 e. The Balaban J connectivity index is 1.35. The lowest BCUT2D eigenvalue weighted by Crippen LogP contribution is -2.22. The van der Waals surface area contributed by atoms with Crippen LogP contribution in [0.15, 0.2) is 76.4 Å². The molecule has 0 saturated heterocycles. The Morgan fingerprint density at radius 2 is 1.85 bits per heavy atom. The van der Waals surface area contributed by atoms with Gasteiger partial charge in [0.15, 0.2) is 16.5 Å². The molecule has 172 valence electrons. The number of aryl methyl sites for hydroxylation is 1. The van der Waals surface area contributed by atoms with Crippen LogP contribution in [-0.4, -0.2) is 28.4 Å². The number of rotatable bonds is 8. The first-order valence-electron chi connectivity index (χ1n) is 11.1. The molecule has 0 atom stereocenters. The molecule has 0 saturated carbocycles. The molecule has 7 heteroatoms. The summed E-state index contributed by atoms with van der Waals surface area (Å²) < 4.78 is 14.2. The highest BCUT2D eigenvalue weighted by atomic mass is 32.2. The lowest BCUT2D eigenvalue weighted by atomic mass is 10.2. The third kappa shape index (κ3) is 4.67. The van der Waals surface area contributed by atoms with E-state index in [9.17, 15) is 4.79 Å². The van der Waals surface area contributed by atoms with E-state index < -0.39 is 0 Å². The summed E-state index contributed by atoms with van der Waals surface area (Å²) in [6.07, 6.45) is 1.88. The van der Waals surface area contributed by atoms with Gasteiger partial charge in [0.25, 0.3) is 5.56 Å². The largest absolute Gasteiger partial charge is 0.490 e. The summed E-state index contributed by atoms with van der Waals surface area (Å²) in [5.74, 6) is 2.22. The van der Waals surface area contributed by atoms with E-state index in [4.69, 9.17) is 9.47 Å². The molecule has 0 N–H and O–H groups in total. The number of ether oxygens (including phenoxy) is 2. The molecule has 0 spiro atoms. The van der Waals surface area contributed by atoms with E-state index in [0.29, 0.717) is 34.2 Å². The predicted molar refractivity (Wildman–Crippen MR) is 141 cm³/mol. The number of imidazole rings is 1. The van der Waals surface area contributed by atoms with E-state index in [1.54, 1.807) is 16.2 Å². The second-order valence-electron chi connectivity index (χ2n) is 7.78. The van der Waals surface area contributed by atoms with Gasteiger partial charge in [0.05, 0.1) is 28.8 Å². The van der Waals surface area contributed by atoms with Crippen molar-refractivity contribution in [3.05, 3.63) is 92.7 Å². The first-order chi connectivity index (χ1) is 16.6. The van der Waals surface area contributed by atoms with E-state index in [-0.39, 0.29) is 5.56 Å². The van der Waals surface area contributed by atoms with Gasteiger partial charge < -0.3 is 9.47 Å². The van der Waals surface area contributed by atoms with E-state index in [0.717, 1.165) is 22.3 Å². The number of hydrogen-bond donors (Lipinski definition) is 0. The average molecular weight is 489 g/mol. The minimum absolute atomic E-state index is 0.0554. The average Bonchev–Trinajstić information content (AvgIpc) is 3.35. The summed E-state index contributed by atoms with van der Waals surface area (Å²) in [7, 11) is 0. The number of nitrogens with zero attached hydrogens (tertiary/aromatic N) is 2. The molecule has 5 nitrogen and oxygen atoms in total. The number of thiazole rings is 1. The van der Waals surface area contributed by atoms with Crippen molar-refractivity contribution >= 4 is 45.2 Å². The maximum absolute atomic E-state index is 13.0. The number of fused-ring (bicyclic) bond motifs is 3. The standard InChI is InChI=1S/C27H24N2O3S2/c1-3-31-24-16-19(10-13-23(24)32-14-15-33-20-11-8-18(2)9-12-20)17-25-26(30)29-22-7-5-4-6-21(22)28-27(29)34-25/h4-13,16-17H,3,14-15H2,1-2H3/b25-17-. The quantitative estimate of drug-likeness (QED) is 0.218. The maximum atomic E-state index is 13.0. The van der Waals surface area contributed by atoms with Crippen molar-refractivity contribution in [3.8, 4) is 11.5 Å². The number of thioether (sulfide) groups is 1. The Kier molecular flexibility index (Phi) is 6.56. The Hall–Kier alpha value is -3.29. The monoisotopic (exact) mass is 488 g/mol. The summed E-state index contributed by atoms with van der Waals surface area (Å²) in [6.45, 7) is 5.14. The molecule has 0 aliphatic rings. The smallest absolute Gasteiger partial charge is 0.274 e. The Bertz CT molecular complexity index is 1560. The fourth-order valence-corrected chi connectivity index (χ4v) is 5.43. The zero-order valence-electron chi connectivity index (χ0n) is 19.0. The van der Waals surface area contributed by atoms with Gasteiger partial charge in [-0.1, -0.05) is 47.2 Å². The fourth-order valence-electron chi connectivity index (χ4n) is 3.71. The van der Waals surface area contributed by atoms with Crippen LogP contribution in [0.4, 0.5) is 0 Å². The van der Waals surface area contributed by atoms with Gasteiger partial charge in [-0.2, -0.15) is 0 Å². The molecule has 5 rings (SSSR count). The van der Waals surface area contributed by atoms with Gasteiger partial charge in [0, 0.05) is 10.6 Å². The summed E-state index contributed by atoms with van der Waals surface area (Å²) >= 11 is 3.16. The van der Waals surface area contributed by atoms with Crippen LogP contribution in [0, 0.1) is 6.92 Å². The van der Waals surface area contributed by atoms with E-state index in [1.165, 1.54) is 21.8 Å². The zero-order valence-corrected chi connectivity index (χ0v) is 20.6. The third-order valence-corrected chi connectivity index (χ3v) is 7.29. The number of aromatic nitrogens is 2. The van der Waals surface area contributed by atoms with Crippen molar-refractivity contribution in [1.82, 2.24) is 9.38 Å². The van der Waals surface area contributed by atoms with Crippen LogP contribution in [-0.2, 0) is 0 Å². The van der Waals surface area contributed by atoms with E-state index >= 15 is 0 Å². The van der Waals surface area contributed by atoms with Gasteiger partial charge in [0.2, 0.25) is 0 Å². The molecule has 34 heavy (non-hydrogen) atoms. The van der Waals surface area contributed by atoms with Crippen molar-refractivity contribution in [1.29, 1.82) is 0 Å². The zero-order chi connectivity index (χ0) is 23.5. The molecule has 0 aliphatic heterocycles. The summed E-state index contributed by atoms with van der Waals surface area (Å²) in [6, 6.07) is 22.0. The molecule has 2 heterocycles. The van der Waals surface area contributed by atoms with Crippen LogP contribution < -0.4 is 19.6 Å². The minimum atomic E-state index is -0.0554. The van der Waals surface area contributed by atoms with E-state index in [2.05, 4.69) is 36.2 Å². The Morgan fingerprint density at radius 3 is 2.68 bits per heavy atom. The molecule has 3 aromatic carbocycles. The number of para-hydroxylation sites is 2. The Morgan fingerprint density at radius 1 is 1.03 bits per heavy atom. The third-order valence-electron chi connectivity index (χ3n) is 5.34. The van der Waals surface area contributed by atoms with Gasteiger partial charge in [-0.15, -0.1) is 11.8 Å². The van der Waals surface area contributed by atoms with Crippen molar-refractivity contribution in [2.24, 2.45) is 0 Å². The fraction of sp³-hybridized carbons (Fsp3) is 0.185. The summed E-state index contributed by atoms with van der Waals surface area (Å²) in [5, 5.41) is 0. The molecular formula is C27H24N2O3S2. The van der Waals surface area contributed by atoms with Crippen LogP contribution in [0.3, 0.4) is 0 Å². The highest BCUT2D eigenvalue weighted by Crippen LogP contribution is 2.29. The predicted octanol–water partition coefficient (Wildman–Crippen LogP) is 5.34.